The van der Waals surface area contributed by atoms with Crippen molar-refractivity contribution in [2.45, 2.75) is 0 Å². The Balaban J connectivity index is 1.94. The molecule has 1 aliphatic rings. The van der Waals surface area contributed by atoms with Gasteiger partial charge in [0.1, 0.15) is 0 Å². The van der Waals surface area contributed by atoms with Crippen LogP contribution < -0.4 is 4.90 Å². The number of benzene rings is 1. The summed E-state index contributed by atoms with van der Waals surface area (Å²) < 4.78 is 0.687. The van der Waals surface area contributed by atoms with Gasteiger partial charge in [-0.25, -0.2) is 0 Å². The Bertz CT molecular complexity index is 786. The number of hydrogen-bond donors (Lipinski definition) is 0. The van der Waals surface area contributed by atoms with Crippen LogP contribution in [-0.2, 0) is 4.79 Å². The Hall–Kier alpha value is -1.50. The number of Topliss-reactive ketones (excluding diaryl/α,β-unsaturated/α-hetero) is 2. The molecule has 0 unspecified atom stereocenters. The van der Waals surface area contributed by atoms with Gasteiger partial charge in [-0.2, -0.15) is 0 Å². The topological polar surface area (TPSA) is 54.5 Å². The lowest BCUT2D eigenvalue weighted by Gasteiger charge is -2.15. The minimum atomic E-state index is -0.701. The summed E-state index contributed by atoms with van der Waals surface area (Å²) in [5, 5.41) is 2.16. The lowest BCUT2D eigenvalue weighted by Crippen LogP contribution is -2.34. The summed E-state index contributed by atoms with van der Waals surface area (Å²) in [6.07, 6.45) is 0. The highest BCUT2D eigenvalue weighted by molar-refractivity contribution is 9.10. The van der Waals surface area contributed by atoms with Gasteiger partial charge in [0.15, 0.2) is 5.78 Å². The van der Waals surface area contributed by atoms with Crippen molar-refractivity contribution < 1.29 is 14.4 Å². The largest absolute Gasteiger partial charge is 0.299 e. The van der Waals surface area contributed by atoms with Crippen LogP contribution in [0.5, 0.6) is 0 Å². The molecule has 3 rings (SSSR count). The van der Waals surface area contributed by atoms with Crippen LogP contribution in [-0.4, -0.2) is 24.0 Å². The molecule has 1 aromatic carbocycles. The molecule has 0 saturated carbocycles. The van der Waals surface area contributed by atoms with Crippen LogP contribution in [0.4, 0.5) is 5.69 Å². The second-order valence-electron chi connectivity index (χ2n) is 4.40. The Morgan fingerprint density at radius 1 is 1.29 bits per heavy atom. The summed E-state index contributed by atoms with van der Waals surface area (Å²) >= 11 is 10.4. The first kappa shape index (κ1) is 14.4. The van der Waals surface area contributed by atoms with E-state index in [-0.39, 0.29) is 17.9 Å². The van der Waals surface area contributed by atoms with Crippen LogP contribution in [0.1, 0.15) is 20.0 Å². The third kappa shape index (κ3) is 2.43. The van der Waals surface area contributed by atoms with Gasteiger partial charge in [-0.3, -0.25) is 19.3 Å². The fraction of sp³-hybridized carbons (Fsp3) is 0.0714. The fourth-order valence-corrected chi connectivity index (χ4v) is 3.84. The van der Waals surface area contributed by atoms with E-state index < -0.39 is 11.7 Å². The third-order valence-corrected chi connectivity index (χ3v) is 5.22. The molecule has 0 radical (unpaired) electrons. The molecule has 1 amide bonds. The number of thiophene rings is 1. The molecule has 4 nitrogen and oxygen atoms in total. The first-order valence-corrected chi connectivity index (χ1v) is 7.96. The molecule has 0 N–H and O–H groups in total. The first-order valence-electron chi connectivity index (χ1n) is 5.91. The smallest absolute Gasteiger partial charge is 0.297 e. The minimum absolute atomic E-state index is 0.168. The SMILES string of the molecule is O=C1C(=O)N(CC(=O)c2sccc2Br)c2ccc(Cl)cc21. The summed E-state index contributed by atoms with van der Waals surface area (Å²) in [7, 11) is 0. The van der Waals surface area contributed by atoms with Gasteiger partial charge in [0.2, 0.25) is 0 Å². The van der Waals surface area contributed by atoms with Gasteiger partial charge < -0.3 is 0 Å². The molecule has 1 aliphatic heterocycles. The second kappa shape index (κ2) is 5.36. The monoisotopic (exact) mass is 383 g/mol. The van der Waals surface area contributed by atoms with Gasteiger partial charge in [-0.15, -0.1) is 11.3 Å². The van der Waals surface area contributed by atoms with Gasteiger partial charge >= 0.3 is 0 Å². The zero-order chi connectivity index (χ0) is 15.1. The maximum atomic E-state index is 12.3. The average molecular weight is 385 g/mol. The molecular formula is C14H7BrClNO3S. The standard InChI is InChI=1S/C14H7BrClNO3S/c15-9-3-4-21-13(9)11(18)6-17-10-2-1-7(16)5-8(10)12(19)14(17)20/h1-5H,6H2. The zero-order valence-corrected chi connectivity index (χ0v) is 13.6. The molecule has 0 saturated heterocycles. The number of carbonyl (C=O) groups is 3. The van der Waals surface area contributed by atoms with Crippen molar-refractivity contribution in [3.8, 4) is 0 Å². The molecule has 0 aliphatic carbocycles. The fourth-order valence-electron chi connectivity index (χ4n) is 2.14. The van der Waals surface area contributed by atoms with Crippen molar-refractivity contribution in [3.63, 3.8) is 0 Å². The highest BCUT2D eigenvalue weighted by Crippen LogP contribution is 2.32. The van der Waals surface area contributed by atoms with E-state index in [1.165, 1.54) is 22.3 Å². The van der Waals surface area contributed by atoms with Gasteiger partial charge in [0.05, 0.1) is 22.7 Å². The number of hydrogen-bond acceptors (Lipinski definition) is 4. The second-order valence-corrected chi connectivity index (χ2v) is 6.61. The minimum Gasteiger partial charge on any atom is -0.297 e. The van der Waals surface area contributed by atoms with Crippen LogP contribution in [0.3, 0.4) is 0 Å². The van der Waals surface area contributed by atoms with Crippen molar-refractivity contribution in [1.82, 2.24) is 0 Å². The van der Waals surface area contributed by atoms with Crippen molar-refractivity contribution in [1.29, 1.82) is 0 Å². The maximum Gasteiger partial charge on any atom is 0.299 e. The van der Waals surface area contributed by atoms with E-state index in [1.807, 2.05) is 0 Å². The summed E-state index contributed by atoms with van der Waals surface area (Å²) in [5.74, 6) is -1.56. The Morgan fingerprint density at radius 3 is 2.71 bits per heavy atom. The van der Waals surface area contributed by atoms with Gasteiger partial charge in [0, 0.05) is 9.50 Å². The van der Waals surface area contributed by atoms with E-state index in [1.54, 1.807) is 23.6 Å². The molecule has 0 fully saturated rings. The van der Waals surface area contributed by atoms with Crippen molar-refractivity contribution in [2.24, 2.45) is 0 Å². The summed E-state index contributed by atoms with van der Waals surface area (Å²) in [6.45, 7) is -0.168. The molecule has 0 bridgehead atoms. The van der Waals surface area contributed by atoms with E-state index in [9.17, 15) is 14.4 Å². The quantitative estimate of drug-likeness (QED) is 0.600. The van der Waals surface area contributed by atoms with Gasteiger partial charge in [-0.05, 0) is 45.6 Å². The molecule has 0 spiro atoms. The lowest BCUT2D eigenvalue weighted by atomic mass is 10.1. The zero-order valence-electron chi connectivity index (χ0n) is 10.4. The molecule has 2 heterocycles. The molecule has 0 atom stereocenters. The molecule has 21 heavy (non-hydrogen) atoms. The predicted octanol–water partition coefficient (Wildman–Crippen LogP) is 3.58. The Morgan fingerprint density at radius 2 is 2.05 bits per heavy atom. The van der Waals surface area contributed by atoms with E-state index >= 15 is 0 Å². The van der Waals surface area contributed by atoms with Crippen LogP contribution >= 0.6 is 38.9 Å². The number of nitrogens with zero attached hydrogens (tertiary/aromatic N) is 1. The van der Waals surface area contributed by atoms with Crippen molar-refractivity contribution in [3.05, 3.63) is 49.6 Å². The highest BCUT2D eigenvalue weighted by atomic mass is 79.9. The van der Waals surface area contributed by atoms with Crippen LogP contribution in [0.2, 0.25) is 5.02 Å². The molecule has 2 aromatic rings. The number of carbonyl (C=O) groups excluding carboxylic acids is 3. The number of amides is 1. The lowest BCUT2D eigenvalue weighted by molar-refractivity contribution is -0.114. The van der Waals surface area contributed by atoms with Crippen molar-refractivity contribution in [2.75, 3.05) is 11.4 Å². The van der Waals surface area contributed by atoms with E-state index in [0.29, 0.717) is 20.1 Å². The van der Waals surface area contributed by atoms with E-state index in [0.717, 1.165) is 0 Å². The average Bonchev–Trinajstić information content (AvgIpc) is 2.97. The molecule has 106 valence electrons. The van der Waals surface area contributed by atoms with Crippen LogP contribution in [0.25, 0.3) is 0 Å². The van der Waals surface area contributed by atoms with Crippen LogP contribution in [0.15, 0.2) is 34.1 Å². The highest BCUT2D eigenvalue weighted by Gasteiger charge is 2.37. The number of anilines is 1. The van der Waals surface area contributed by atoms with Gasteiger partial charge in [0.25, 0.3) is 11.7 Å². The summed E-state index contributed by atoms with van der Waals surface area (Å²) in [4.78, 5) is 37.9. The van der Waals surface area contributed by atoms with Gasteiger partial charge in [-0.1, -0.05) is 11.6 Å². The summed E-state index contributed by atoms with van der Waals surface area (Å²) in [6, 6.07) is 6.38. The molecule has 7 heteroatoms. The molecular weight excluding hydrogens is 378 g/mol. The number of halogens is 2. The normalized spacial score (nSPS) is 13.7. The van der Waals surface area contributed by atoms with E-state index in [4.69, 9.17) is 11.6 Å². The molecule has 1 aromatic heterocycles. The van der Waals surface area contributed by atoms with Crippen LogP contribution in [0, 0.1) is 0 Å². The number of rotatable bonds is 3. The predicted molar refractivity (Wildman–Crippen MR) is 84.5 cm³/mol. The Kier molecular flexibility index (Phi) is 3.69. The Labute approximate surface area is 137 Å². The number of ketones is 2. The first-order chi connectivity index (χ1) is 9.99. The van der Waals surface area contributed by atoms with Crippen molar-refractivity contribution >= 4 is 62.0 Å². The van der Waals surface area contributed by atoms with E-state index in [2.05, 4.69) is 15.9 Å². The third-order valence-electron chi connectivity index (χ3n) is 3.11. The maximum absolute atomic E-state index is 12.3. The number of fused-ring (bicyclic) bond motifs is 1. The summed E-state index contributed by atoms with van der Waals surface area (Å²) in [5.41, 5.74) is 0.668.